The van der Waals surface area contributed by atoms with Crippen LogP contribution in [0.2, 0.25) is 18.6 Å². The van der Waals surface area contributed by atoms with Crippen molar-refractivity contribution in [2.75, 3.05) is 36.5 Å². The molecular formula is C38H46BrFN4O5Si. The van der Waals surface area contributed by atoms with Crippen molar-refractivity contribution in [1.29, 1.82) is 0 Å². The highest BCUT2D eigenvalue weighted by atomic mass is 79.9. The minimum absolute atomic E-state index is 0.00467. The molecule has 266 valence electrons. The van der Waals surface area contributed by atoms with Gasteiger partial charge in [0.2, 0.25) is 20.2 Å². The zero-order valence-corrected chi connectivity index (χ0v) is 31.4. The summed E-state index contributed by atoms with van der Waals surface area (Å²) in [7, 11) is -3.50. The van der Waals surface area contributed by atoms with Crippen LogP contribution in [0.5, 0.6) is 0 Å². The molecule has 0 radical (unpaired) electrons. The Balaban J connectivity index is 1.26. The van der Waals surface area contributed by atoms with Gasteiger partial charge in [0.1, 0.15) is 0 Å². The van der Waals surface area contributed by atoms with Crippen molar-refractivity contribution in [1.82, 2.24) is 10.2 Å². The number of carbonyl (C=O) groups excluding carboxylic acids is 3. The lowest BCUT2D eigenvalue weighted by Crippen LogP contribution is -2.45. The van der Waals surface area contributed by atoms with Gasteiger partial charge in [-0.15, -0.1) is 0 Å². The number of benzene rings is 3. The number of carbonyl (C=O) groups is 3. The van der Waals surface area contributed by atoms with Gasteiger partial charge >= 0.3 is 0 Å². The molecule has 50 heavy (non-hydrogen) atoms. The number of ether oxygens (including phenoxy) is 1. The number of fused-ring (bicyclic) bond motifs is 2. The van der Waals surface area contributed by atoms with Gasteiger partial charge in [-0.3, -0.25) is 14.4 Å². The molecule has 1 unspecified atom stereocenters. The van der Waals surface area contributed by atoms with Crippen LogP contribution in [0.3, 0.4) is 0 Å². The minimum Gasteiger partial charge on any atom is -0.395 e. The molecule has 12 heteroatoms. The number of hydrogen-bond donors (Lipinski definition) is 3. The quantitative estimate of drug-likeness (QED) is 0.160. The maximum absolute atomic E-state index is 16.4. The first-order chi connectivity index (χ1) is 23.9. The normalized spacial score (nSPS) is 24.8. The second-order valence-corrected chi connectivity index (χ2v) is 19.0. The maximum atomic E-state index is 16.4. The summed E-state index contributed by atoms with van der Waals surface area (Å²) >= 11 is 3.58. The van der Waals surface area contributed by atoms with Crippen molar-refractivity contribution in [3.63, 3.8) is 0 Å². The van der Waals surface area contributed by atoms with E-state index in [1.165, 1.54) is 0 Å². The first-order valence-corrected chi connectivity index (χ1v) is 21.2. The number of nitrogens with one attached hydrogen (secondary N) is 2. The molecule has 3 heterocycles. The maximum Gasteiger partial charge on any atom is 0.264 e. The number of piperidine rings is 1. The van der Waals surface area contributed by atoms with Crippen molar-refractivity contribution in [3.8, 4) is 0 Å². The van der Waals surface area contributed by atoms with Gasteiger partial charge < -0.3 is 34.4 Å². The summed E-state index contributed by atoms with van der Waals surface area (Å²) in [6.45, 7) is 7.19. The second kappa shape index (κ2) is 15.0. The van der Waals surface area contributed by atoms with Crippen LogP contribution < -0.4 is 15.5 Å². The molecule has 9 nitrogen and oxygen atoms in total. The van der Waals surface area contributed by atoms with Gasteiger partial charge in [0, 0.05) is 46.8 Å². The van der Waals surface area contributed by atoms with E-state index >= 15 is 4.11 Å². The minimum atomic E-state index is -3.50. The van der Waals surface area contributed by atoms with Crippen LogP contribution in [0.1, 0.15) is 42.9 Å². The largest absolute Gasteiger partial charge is 0.395 e. The Hall–Kier alpha value is -3.42. The molecule has 5 atom stereocenters. The monoisotopic (exact) mass is 764 g/mol. The topological polar surface area (TPSA) is 111 Å². The van der Waals surface area contributed by atoms with Crippen LogP contribution in [0.4, 0.5) is 15.5 Å². The Kier molecular flexibility index (Phi) is 10.9. The highest BCUT2D eigenvalue weighted by Gasteiger charge is 2.67. The highest BCUT2D eigenvalue weighted by Crippen LogP contribution is 2.60. The number of rotatable bonds is 11. The Labute approximate surface area is 302 Å². The third-order valence-corrected chi connectivity index (χ3v) is 13.4. The Morgan fingerprint density at radius 3 is 2.52 bits per heavy atom. The summed E-state index contributed by atoms with van der Waals surface area (Å²) < 4.78 is 24.0. The van der Waals surface area contributed by atoms with Gasteiger partial charge in [0.05, 0.1) is 37.3 Å². The van der Waals surface area contributed by atoms with Gasteiger partial charge in [-0.05, 0) is 73.9 Å². The van der Waals surface area contributed by atoms with Crippen molar-refractivity contribution in [2.45, 2.75) is 69.6 Å². The molecule has 3 aliphatic rings. The van der Waals surface area contributed by atoms with Crippen LogP contribution in [-0.4, -0.2) is 68.5 Å². The predicted octanol–water partition coefficient (Wildman–Crippen LogP) is 6.12. The predicted molar refractivity (Wildman–Crippen MR) is 198 cm³/mol. The van der Waals surface area contributed by atoms with E-state index in [1.807, 2.05) is 79.7 Å². The lowest BCUT2D eigenvalue weighted by Gasteiger charge is -2.31. The van der Waals surface area contributed by atoms with E-state index in [9.17, 15) is 19.5 Å². The molecule has 3 aliphatic heterocycles. The average molecular weight is 766 g/mol. The summed E-state index contributed by atoms with van der Waals surface area (Å²) in [4.78, 5) is 44.7. The van der Waals surface area contributed by atoms with Crippen LogP contribution in [0, 0.1) is 11.8 Å². The van der Waals surface area contributed by atoms with Crippen molar-refractivity contribution >= 4 is 53.4 Å². The summed E-state index contributed by atoms with van der Waals surface area (Å²) in [6, 6.07) is 22.6. The number of aliphatic hydroxyl groups is 1. The van der Waals surface area contributed by atoms with E-state index in [0.29, 0.717) is 30.0 Å². The molecule has 0 aromatic heterocycles. The second-order valence-electron chi connectivity index (χ2n) is 14.3. The molecule has 3 amide bonds. The third-order valence-electron chi connectivity index (χ3n) is 10.5. The van der Waals surface area contributed by atoms with Crippen molar-refractivity contribution in [3.05, 3.63) is 94.0 Å². The molecule has 3 aromatic carbocycles. The number of nitrogens with zero attached hydrogens (tertiary/aromatic N) is 2. The Bertz CT molecular complexity index is 1700. The van der Waals surface area contributed by atoms with Gasteiger partial charge in [-0.2, -0.15) is 0 Å². The van der Waals surface area contributed by atoms with Gasteiger partial charge in [0.25, 0.3) is 5.91 Å². The first-order valence-electron chi connectivity index (χ1n) is 17.4. The number of anilines is 2. The van der Waals surface area contributed by atoms with Crippen molar-refractivity contribution in [2.24, 2.45) is 11.8 Å². The fraction of sp³-hybridized carbons (Fsp3) is 0.447. The van der Waals surface area contributed by atoms with E-state index in [4.69, 9.17) is 4.74 Å². The average Bonchev–Trinajstić information content (AvgIpc) is 3.52. The molecule has 3 N–H and O–H groups in total. The molecule has 0 bridgehead atoms. The molecule has 0 saturated carbocycles. The number of hydrogen-bond acceptors (Lipinski definition) is 6. The molecular weight excluding hydrogens is 719 g/mol. The smallest absolute Gasteiger partial charge is 0.264 e. The molecule has 2 saturated heterocycles. The van der Waals surface area contributed by atoms with Gasteiger partial charge in [-0.25, -0.2) is 0 Å². The fourth-order valence-corrected chi connectivity index (χ4v) is 10.9. The molecule has 3 aromatic rings. The SMILES string of the molecule is C[C@@H]1[C@@H]([Si](C)(C)F)[C@H](CC(=O)N(CCO)Cc2ccccc2)O[C@@]12C(=O)N(Cc1ccc(NC(=O)C3CCCNC3)cc1)c1ccc(Br)cc12. The highest BCUT2D eigenvalue weighted by molar-refractivity contribution is 9.10. The van der Waals surface area contributed by atoms with E-state index in [0.717, 1.165) is 35.0 Å². The van der Waals surface area contributed by atoms with Gasteiger partial charge in [0.15, 0.2) is 5.60 Å². The lowest BCUT2D eigenvalue weighted by atomic mass is 9.82. The van der Waals surface area contributed by atoms with E-state index in [2.05, 4.69) is 26.6 Å². The summed E-state index contributed by atoms with van der Waals surface area (Å²) in [5.74, 6) is -1.16. The standard InChI is InChI=1S/C38H46BrFN4O5Si/c1-25-35(50(2,3)40)33(21-34(46)43(18-19-45)23-26-8-5-4-6-9-26)49-38(25)31-20-29(39)13-16-32(31)44(37(38)48)24-27-11-14-30(15-12-27)42-36(47)28-10-7-17-41-22-28/h4-6,8-9,11-16,20,25,28,33,35,41,45H,7,10,17-19,21-24H2,1-3H3,(H,42,47)/t25-,28?,33+,35-,38+/m1/s1. The summed E-state index contributed by atoms with van der Waals surface area (Å²) in [5.41, 5.74) is 1.69. The molecule has 6 rings (SSSR count). The Morgan fingerprint density at radius 2 is 1.86 bits per heavy atom. The van der Waals surface area contributed by atoms with Gasteiger partial charge in [-0.1, -0.05) is 65.3 Å². The van der Waals surface area contributed by atoms with E-state index < -0.39 is 31.6 Å². The van der Waals surface area contributed by atoms with E-state index in [1.54, 1.807) is 22.9 Å². The Morgan fingerprint density at radius 1 is 1.12 bits per heavy atom. The zero-order valence-electron chi connectivity index (χ0n) is 28.8. The molecule has 0 aliphatic carbocycles. The first kappa shape index (κ1) is 36.4. The lowest BCUT2D eigenvalue weighted by molar-refractivity contribution is -0.150. The number of amides is 3. The number of aliphatic hydroxyl groups excluding tert-OH is 1. The van der Waals surface area contributed by atoms with Crippen LogP contribution in [0.15, 0.2) is 77.3 Å². The molecule has 1 spiro atoms. The number of halogens is 2. The van der Waals surface area contributed by atoms with E-state index in [-0.39, 0.29) is 49.8 Å². The van der Waals surface area contributed by atoms with Crippen LogP contribution in [-0.2, 0) is 37.8 Å². The summed E-state index contributed by atoms with van der Waals surface area (Å²) in [6.07, 6.45) is 0.893. The summed E-state index contributed by atoms with van der Waals surface area (Å²) in [5, 5.41) is 16.1. The molecule has 2 fully saturated rings. The third kappa shape index (κ3) is 7.31. The fourth-order valence-electron chi connectivity index (χ4n) is 8.09. The zero-order chi connectivity index (χ0) is 35.6. The van der Waals surface area contributed by atoms with Crippen LogP contribution in [0.25, 0.3) is 0 Å². The van der Waals surface area contributed by atoms with Crippen molar-refractivity contribution < 1.29 is 28.3 Å². The van der Waals surface area contributed by atoms with Crippen LogP contribution >= 0.6 is 15.9 Å².